The number of pyridine rings is 1. The summed E-state index contributed by atoms with van der Waals surface area (Å²) in [6.07, 6.45) is 10.1. The molecule has 1 fully saturated rings. The van der Waals surface area contributed by atoms with Gasteiger partial charge in [-0.3, -0.25) is 0 Å². The van der Waals surface area contributed by atoms with Gasteiger partial charge in [-0.1, -0.05) is 12.8 Å². The Morgan fingerprint density at radius 3 is 3.00 bits per heavy atom. The van der Waals surface area contributed by atoms with Crippen molar-refractivity contribution in [2.24, 2.45) is 0 Å². The van der Waals surface area contributed by atoms with E-state index in [0.29, 0.717) is 6.04 Å². The number of hydrogen-bond acceptors (Lipinski definition) is 2. The van der Waals surface area contributed by atoms with Crippen molar-refractivity contribution in [1.82, 2.24) is 14.7 Å². The van der Waals surface area contributed by atoms with Crippen LogP contribution in [-0.4, -0.2) is 21.5 Å². The Kier molecular flexibility index (Phi) is 2.88. The van der Waals surface area contributed by atoms with Gasteiger partial charge in [0.25, 0.3) is 0 Å². The third-order valence-corrected chi connectivity index (χ3v) is 3.36. The van der Waals surface area contributed by atoms with E-state index in [1.54, 1.807) is 6.20 Å². The average molecular weight is 244 g/mol. The first-order valence-corrected chi connectivity index (χ1v) is 6.32. The summed E-state index contributed by atoms with van der Waals surface area (Å²) in [6.45, 7) is 0. The minimum atomic E-state index is -0.141. The van der Waals surface area contributed by atoms with E-state index in [-0.39, 0.29) is 6.03 Å². The van der Waals surface area contributed by atoms with Gasteiger partial charge in [0.2, 0.25) is 0 Å². The predicted octanol–water partition coefficient (Wildman–Crippen LogP) is 2.40. The first-order chi connectivity index (χ1) is 8.83. The first kappa shape index (κ1) is 11.1. The lowest BCUT2D eigenvalue weighted by atomic mass is 10.2. The Balaban J connectivity index is 1.71. The average Bonchev–Trinajstić information content (AvgIpc) is 2.99. The standard InChI is InChI=1S/C13H16N4O/c18-13(15-10-4-1-2-5-10)16-11-6-3-8-17-9-7-14-12(11)17/h3,6-10H,1-2,4-5H2,(H2,15,16,18). The Labute approximate surface area is 105 Å². The maximum atomic E-state index is 11.9. The summed E-state index contributed by atoms with van der Waals surface area (Å²) in [5.74, 6) is 0. The lowest BCUT2D eigenvalue weighted by Crippen LogP contribution is -2.36. The van der Waals surface area contributed by atoms with Gasteiger partial charge in [-0.25, -0.2) is 9.78 Å². The van der Waals surface area contributed by atoms with Gasteiger partial charge in [-0.05, 0) is 25.0 Å². The highest BCUT2D eigenvalue weighted by Gasteiger charge is 2.17. The number of anilines is 1. The molecule has 0 unspecified atom stereocenters. The van der Waals surface area contributed by atoms with Gasteiger partial charge in [-0.15, -0.1) is 0 Å². The molecule has 1 saturated carbocycles. The number of imidazole rings is 1. The van der Waals surface area contributed by atoms with Crippen LogP contribution in [0.15, 0.2) is 30.7 Å². The minimum Gasteiger partial charge on any atom is -0.335 e. The predicted molar refractivity (Wildman–Crippen MR) is 69.6 cm³/mol. The zero-order chi connectivity index (χ0) is 12.4. The van der Waals surface area contributed by atoms with Crippen LogP contribution in [0.4, 0.5) is 10.5 Å². The summed E-state index contributed by atoms with van der Waals surface area (Å²) in [6, 6.07) is 3.93. The second-order valence-corrected chi connectivity index (χ2v) is 4.66. The molecular formula is C13H16N4O. The Morgan fingerprint density at radius 1 is 1.33 bits per heavy atom. The lowest BCUT2D eigenvalue weighted by molar-refractivity contribution is 0.248. The Hall–Kier alpha value is -2.04. The van der Waals surface area contributed by atoms with Gasteiger partial charge < -0.3 is 15.0 Å². The molecule has 2 aromatic rings. The molecule has 3 rings (SSSR count). The second kappa shape index (κ2) is 4.68. The van der Waals surface area contributed by atoms with Gasteiger partial charge in [0.15, 0.2) is 5.65 Å². The minimum absolute atomic E-state index is 0.141. The van der Waals surface area contributed by atoms with Crippen molar-refractivity contribution in [2.45, 2.75) is 31.7 Å². The van der Waals surface area contributed by atoms with E-state index in [2.05, 4.69) is 15.6 Å². The lowest BCUT2D eigenvalue weighted by Gasteiger charge is -2.13. The molecule has 0 atom stereocenters. The van der Waals surface area contributed by atoms with Crippen LogP contribution in [0.5, 0.6) is 0 Å². The Morgan fingerprint density at radius 2 is 2.17 bits per heavy atom. The molecule has 0 aliphatic heterocycles. The molecule has 0 radical (unpaired) electrons. The smallest absolute Gasteiger partial charge is 0.319 e. The maximum absolute atomic E-state index is 11.9. The highest BCUT2D eigenvalue weighted by atomic mass is 16.2. The van der Waals surface area contributed by atoms with Crippen LogP contribution in [0.25, 0.3) is 5.65 Å². The topological polar surface area (TPSA) is 58.4 Å². The second-order valence-electron chi connectivity index (χ2n) is 4.66. The molecule has 5 heteroatoms. The van der Waals surface area contributed by atoms with Crippen LogP contribution in [0.2, 0.25) is 0 Å². The van der Waals surface area contributed by atoms with E-state index >= 15 is 0 Å². The van der Waals surface area contributed by atoms with Gasteiger partial charge in [0.05, 0.1) is 5.69 Å². The SMILES string of the molecule is O=C(Nc1cccn2ccnc12)NC1CCCC1. The zero-order valence-electron chi connectivity index (χ0n) is 10.1. The molecule has 0 saturated heterocycles. The van der Waals surface area contributed by atoms with Crippen LogP contribution in [0.1, 0.15) is 25.7 Å². The number of carbonyl (C=O) groups excluding carboxylic acids is 1. The molecule has 2 heterocycles. The van der Waals surface area contributed by atoms with E-state index in [1.807, 2.05) is 28.9 Å². The number of hydrogen-bond donors (Lipinski definition) is 2. The van der Waals surface area contributed by atoms with Gasteiger partial charge in [-0.2, -0.15) is 0 Å². The first-order valence-electron chi connectivity index (χ1n) is 6.32. The summed E-state index contributed by atoms with van der Waals surface area (Å²) in [7, 11) is 0. The number of amides is 2. The molecule has 2 amide bonds. The number of fused-ring (bicyclic) bond motifs is 1. The van der Waals surface area contributed by atoms with Crippen LogP contribution < -0.4 is 10.6 Å². The van der Waals surface area contributed by atoms with E-state index in [4.69, 9.17) is 0 Å². The largest absolute Gasteiger partial charge is 0.335 e. The molecule has 5 nitrogen and oxygen atoms in total. The molecule has 94 valence electrons. The fourth-order valence-electron chi connectivity index (χ4n) is 2.46. The molecular weight excluding hydrogens is 228 g/mol. The fraction of sp³-hybridized carbons (Fsp3) is 0.385. The van der Waals surface area contributed by atoms with Gasteiger partial charge in [0, 0.05) is 24.6 Å². The summed E-state index contributed by atoms with van der Waals surface area (Å²) in [4.78, 5) is 16.1. The number of rotatable bonds is 2. The quantitative estimate of drug-likeness (QED) is 0.852. The molecule has 1 aliphatic carbocycles. The van der Waals surface area contributed by atoms with Crippen LogP contribution in [0.3, 0.4) is 0 Å². The van der Waals surface area contributed by atoms with Crippen molar-refractivity contribution in [2.75, 3.05) is 5.32 Å². The molecule has 0 aromatic carbocycles. The number of nitrogens with one attached hydrogen (secondary N) is 2. The summed E-state index contributed by atoms with van der Waals surface area (Å²) >= 11 is 0. The molecule has 1 aliphatic rings. The summed E-state index contributed by atoms with van der Waals surface area (Å²) in [5.41, 5.74) is 1.50. The molecule has 18 heavy (non-hydrogen) atoms. The van der Waals surface area contributed by atoms with Crippen molar-refractivity contribution < 1.29 is 4.79 Å². The highest BCUT2D eigenvalue weighted by Crippen LogP contribution is 2.18. The van der Waals surface area contributed by atoms with Crippen molar-refractivity contribution in [1.29, 1.82) is 0 Å². The van der Waals surface area contributed by atoms with E-state index in [9.17, 15) is 4.79 Å². The number of carbonyl (C=O) groups is 1. The summed E-state index contributed by atoms with van der Waals surface area (Å²) < 4.78 is 1.88. The molecule has 0 bridgehead atoms. The van der Waals surface area contributed by atoms with Gasteiger partial charge in [0.1, 0.15) is 0 Å². The monoisotopic (exact) mass is 244 g/mol. The number of nitrogens with zero attached hydrogens (tertiary/aromatic N) is 2. The fourth-order valence-corrected chi connectivity index (χ4v) is 2.46. The van der Waals surface area contributed by atoms with E-state index in [1.165, 1.54) is 12.8 Å². The van der Waals surface area contributed by atoms with Gasteiger partial charge >= 0.3 is 6.03 Å². The number of aromatic nitrogens is 2. The molecule has 2 N–H and O–H groups in total. The van der Waals surface area contributed by atoms with Crippen LogP contribution in [0, 0.1) is 0 Å². The van der Waals surface area contributed by atoms with Crippen molar-refractivity contribution in [3.63, 3.8) is 0 Å². The third-order valence-electron chi connectivity index (χ3n) is 3.36. The van der Waals surface area contributed by atoms with Crippen LogP contribution in [-0.2, 0) is 0 Å². The normalized spacial score (nSPS) is 16.0. The molecule has 2 aromatic heterocycles. The van der Waals surface area contributed by atoms with Crippen LogP contribution >= 0.6 is 0 Å². The third kappa shape index (κ3) is 2.16. The van der Waals surface area contributed by atoms with Crippen molar-refractivity contribution in [3.05, 3.63) is 30.7 Å². The zero-order valence-corrected chi connectivity index (χ0v) is 10.1. The molecule has 0 spiro atoms. The Bertz CT molecular complexity index is 557. The van der Waals surface area contributed by atoms with Crippen molar-refractivity contribution in [3.8, 4) is 0 Å². The van der Waals surface area contributed by atoms with Crippen molar-refractivity contribution >= 4 is 17.4 Å². The van der Waals surface area contributed by atoms with E-state index in [0.717, 1.165) is 24.2 Å². The maximum Gasteiger partial charge on any atom is 0.319 e. The van der Waals surface area contributed by atoms with E-state index < -0.39 is 0 Å². The number of urea groups is 1. The highest BCUT2D eigenvalue weighted by molar-refractivity contribution is 5.93. The summed E-state index contributed by atoms with van der Waals surface area (Å²) in [5, 5.41) is 5.86.